The third-order valence-electron chi connectivity index (χ3n) is 4.25. The number of carbonyl (C=O) groups is 2. The molecule has 0 fully saturated rings. The summed E-state index contributed by atoms with van der Waals surface area (Å²) >= 11 is 0. The second kappa shape index (κ2) is 9.70. The summed E-state index contributed by atoms with van der Waals surface area (Å²) in [5.74, 6) is -0.617. The van der Waals surface area contributed by atoms with E-state index < -0.39 is 6.04 Å². The maximum Gasteiger partial charge on any atom is 0.242 e. The second-order valence-electron chi connectivity index (χ2n) is 6.22. The van der Waals surface area contributed by atoms with Gasteiger partial charge >= 0.3 is 0 Å². The van der Waals surface area contributed by atoms with E-state index in [0.717, 1.165) is 11.1 Å². The van der Waals surface area contributed by atoms with E-state index in [2.05, 4.69) is 5.32 Å². The van der Waals surface area contributed by atoms with Crippen LogP contribution >= 0.6 is 0 Å². The van der Waals surface area contributed by atoms with Gasteiger partial charge in [0.05, 0.1) is 0 Å². The molecule has 0 heterocycles. The molecule has 138 valence electrons. The molecule has 0 aliphatic heterocycles. The van der Waals surface area contributed by atoms with Gasteiger partial charge in [0.25, 0.3) is 0 Å². The molecule has 2 aromatic carbocycles. The van der Waals surface area contributed by atoms with E-state index in [1.54, 1.807) is 24.1 Å². The summed E-state index contributed by atoms with van der Waals surface area (Å²) in [6.45, 7) is 2.20. The second-order valence-corrected chi connectivity index (χ2v) is 6.22. The molecule has 0 spiro atoms. The summed E-state index contributed by atoms with van der Waals surface area (Å²) < 4.78 is 13.2. The first-order valence-corrected chi connectivity index (χ1v) is 8.84. The Hall–Kier alpha value is -2.69. The number of amides is 2. The van der Waals surface area contributed by atoms with Crippen molar-refractivity contribution >= 4 is 11.8 Å². The zero-order chi connectivity index (χ0) is 18.9. The largest absolute Gasteiger partial charge is 0.357 e. The molecular weight excluding hydrogens is 331 g/mol. The van der Waals surface area contributed by atoms with Gasteiger partial charge in [-0.1, -0.05) is 49.4 Å². The van der Waals surface area contributed by atoms with Gasteiger partial charge in [-0.2, -0.15) is 0 Å². The van der Waals surface area contributed by atoms with E-state index in [0.29, 0.717) is 19.3 Å². The number of benzene rings is 2. The molecule has 0 aliphatic carbocycles. The third kappa shape index (κ3) is 5.41. The Bertz CT molecular complexity index is 717. The SMILES string of the molecule is CCCC(=O)N(Cc1ccc(F)cc1)[C@@H](Cc1ccccc1)C(=O)NC. The van der Waals surface area contributed by atoms with Crippen LogP contribution in [-0.2, 0) is 22.6 Å². The van der Waals surface area contributed by atoms with Crippen molar-refractivity contribution in [1.29, 1.82) is 0 Å². The molecule has 0 saturated carbocycles. The summed E-state index contributed by atoms with van der Waals surface area (Å²) in [6, 6.07) is 15.0. The van der Waals surface area contributed by atoms with Crippen molar-refractivity contribution in [3.05, 3.63) is 71.5 Å². The third-order valence-corrected chi connectivity index (χ3v) is 4.25. The Morgan fingerprint density at radius 2 is 1.69 bits per heavy atom. The summed E-state index contributed by atoms with van der Waals surface area (Å²) in [5, 5.41) is 2.66. The molecule has 0 aromatic heterocycles. The van der Waals surface area contributed by atoms with Gasteiger partial charge in [0.15, 0.2) is 0 Å². The first kappa shape index (κ1) is 19.6. The molecule has 1 atom stereocenters. The molecular formula is C21H25FN2O2. The van der Waals surface area contributed by atoms with Gasteiger partial charge in [0.1, 0.15) is 11.9 Å². The molecule has 1 N–H and O–H groups in total. The van der Waals surface area contributed by atoms with Gasteiger partial charge in [-0.15, -0.1) is 0 Å². The predicted octanol–water partition coefficient (Wildman–Crippen LogP) is 3.31. The summed E-state index contributed by atoms with van der Waals surface area (Å²) in [6.07, 6.45) is 1.49. The molecule has 5 heteroatoms. The van der Waals surface area contributed by atoms with Crippen LogP contribution in [-0.4, -0.2) is 29.8 Å². The minimum Gasteiger partial charge on any atom is -0.357 e. The zero-order valence-electron chi connectivity index (χ0n) is 15.2. The molecule has 0 radical (unpaired) electrons. The molecule has 0 bridgehead atoms. The zero-order valence-corrected chi connectivity index (χ0v) is 15.2. The highest BCUT2D eigenvalue weighted by Crippen LogP contribution is 2.16. The molecule has 26 heavy (non-hydrogen) atoms. The molecule has 2 rings (SSSR count). The van der Waals surface area contributed by atoms with Gasteiger partial charge in [-0.05, 0) is 29.7 Å². The highest BCUT2D eigenvalue weighted by atomic mass is 19.1. The van der Waals surface area contributed by atoms with Gasteiger partial charge < -0.3 is 10.2 Å². The number of hydrogen-bond donors (Lipinski definition) is 1. The number of likely N-dealkylation sites (N-methyl/N-ethyl adjacent to an activating group) is 1. The number of halogens is 1. The van der Waals surface area contributed by atoms with E-state index in [4.69, 9.17) is 0 Å². The van der Waals surface area contributed by atoms with Crippen LogP contribution in [0.1, 0.15) is 30.9 Å². The lowest BCUT2D eigenvalue weighted by Gasteiger charge is -2.31. The summed E-state index contributed by atoms with van der Waals surface area (Å²) in [5.41, 5.74) is 1.77. The van der Waals surface area contributed by atoms with Gasteiger partial charge in [-0.3, -0.25) is 9.59 Å². The normalized spacial score (nSPS) is 11.7. The van der Waals surface area contributed by atoms with Crippen molar-refractivity contribution in [3.8, 4) is 0 Å². The number of nitrogens with zero attached hydrogens (tertiary/aromatic N) is 1. The fourth-order valence-corrected chi connectivity index (χ4v) is 2.86. The van der Waals surface area contributed by atoms with E-state index in [1.807, 2.05) is 37.3 Å². The fraction of sp³-hybridized carbons (Fsp3) is 0.333. The van der Waals surface area contributed by atoms with Crippen molar-refractivity contribution in [2.24, 2.45) is 0 Å². The van der Waals surface area contributed by atoms with Crippen LogP contribution in [0.3, 0.4) is 0 Å². The van der Waals surface area contributed by atoms with Crippen LogP contribution in [0.5, 0.6) is 0 Å². The molecule has 0 unspecified atom stereocenters. The minimum atomic E-state index is -0.619. The van der Waals surface area contributed by atoms with Crippen molar-refractivity contribution in [2.45, 2.75) is 38.8 Å². The van der Waals surface area contributed by atoms with Gasteiger partial charge in [0.2, 0.25) is 11.8 Å². The highest BCUT2D eigenvalue weighted by molar-refractivity contribution is 5.87. The average Bonchev–Trinajstić information content (AvgIpc) is 2.66. The fourth-order valence-electron chi connectivity index (χ4n) is 2.86. The Morgan fingerprint density at radius 1 is 1.04 bits per heavy atom. The minimum absolute atomic E-state index is 0.0821. The Morgan fingerprint density at radius 3 is 2.27 bits per heavy atom. The van der Waals surface area contributed by atoms with Gasteiger partial charge in [0, 0.05) is 26.4 Å². The first-order chi connectivity index (χ1) is 12.5. The lowest BCUT2D eigenvalue weighted by molar-refractivity contribution is -0.141. The Balaban J connectivity index is 2.31. The summed E-state index contributed by atoms with van der Waals surface area (Å²) in [4.78, 5) is 26.9. The van der Waals surface area contributed by atoms with Crippen LogP contribution in [0.15, 0.2) is 54.6 Å². The Kier molecular flexibility index (Phi) is 7.33. The van der Waals surface area contributed by atoms with E-state index in [-0.39, 0.29) is 24.2 Å². The van der Waals surface area contributed by atoms with Crippen LogP contribution in [0, 0.1) is 5.82 Å². The van der Waals surface area contributed by atoms with Crippen LogP contribution in [0.25, 0.3) is 0 Å². The maximum absolute atomic E-state index is 13.2. The Labute approximate surface area is 154 Å². The molecule has 0 aliphatic rings. The summed E-state index contributed by atoms with van der Waals surface area (Å²) in [7, 11) is 1.57. The van der Waals surface area contributed by atoms with Crippen molar-refractivity contribution in [1.82, 2.24) is 10.2 Å². The van der Waals surface area contributed by atoms with Crippen LogP contribution in [0.2, 0.25) is 0 Å². The molecule has 0 saturated heterocycles. The van der Waals surface area contributed by atoms with Crippen LogP contribution < -0.4 is 5.32 Å². The van der Waals surface area contributed by atoms with Crippen molar-refractivity contribution in [3.63, 3.8) is 0 Å². The molecule has 2 aromatic rings. The van der Waals surface area contributed by atoms with Crippen molar-refractivity contribution in [2.75, 3.05) is 7.05 Å². The topological polar surface area (TPSA) is 49.4 Å². The van der Waals surface area contributed by atoms with E-state index in [1.165, 1.54) is 12.1 Å². The number of carbonyl (C=O) groups excluding carboxylic acids is 2. The number of nitrogens with one attached hydrogen (secondary N) is 1. The lowest BCUT2D eigenvalue weighted by Crippen LogP contribution is -2.49. The van der Waals surface area contributed by atoms with Crippen LogP contribution in [0.4, 0.5) is 4.39 Å². The molecule has 4 nitrogen and oxygen atoms in total. The van der Waals surface area contributed by atoms with Crippen molar-refractivity contribution < 1.29 is 14.0 Å². The first-order valence-electron chi connectivity index (χ1n) is 8.84. The predicted molar refractivity (Wildman–Crippen MR) is 99.9 cm³/mol. The maximum atomic E-state index is 13.2. The highest BCUT2D eigenvalue weighted by Gasteiger charge is 2.29. The standard InChI is InChI=1S/C21H25FN2O2/c1-3-7-20(25)24(15-17-10-12-18(22)13-11-17)19(21(26)23-2)14-16-8-5-4-6-9-16/h4-6,8-13,19H,3,7,14-15H2,1-2H3,(H,23,26)/t19-/m0/s1. The van der Waals surface area contributed by atoms with E-state index >= 15 is 0 Å². The van der Waals surface area contributed by atoms with E-state index in [9.17, 15) is 14.0 Å². The average molecular weight is 356 g/mol. The van der Waals surface area contributed by atoms with Gasteiger partial charge in [-0.25, -0.2) is 4.39 Å². The smallest absolute Gasteiger partial charge is 0.242 e. The number of rotatable bonds is 8. The number of hydrogen-bond acceptors (Lipinski definition) is 2. The quantitative estimate of drug-likeness (QED) is 0.789. The lowest BCUT2D eigenvalue weighted by atomic mass is 10.0. The molecule has 2 amide bonds. The monoisotopic (exact) mass is 356 g/mol.